The lowest BCUT2D eigenvalue weighted by Crippen LogP contribution is -2.13. The zero-order valence-electron chi connectivity index (χ0n) is 13.6. The van der Waals surface area contributed by atoms with Crippen LogP contribution in [0.25, 0.3) is 10.9 Å². The second kappa shape index (κ2) is 6.24. The molecule has 2 N–H and O–H groups in total. The molecule has 3 rings (SSSR count). The van der Waals surface area contributed by atoms with Crippen molar-refractivity contribution in [2.24, 2.45) is 5.92 Å². The van der Waals surface area contributed by atoms with Crippen molar-refractivity contribution < 1.29 is 4.79 Å². The summed E-state index contributed by atoms with van der Waals surface area (Å²) in [5.74, 6) is 1.03. The van der Waals surface area contributed by atoms with Crippen molar-refractivity contribution >= 4 is 22.6 Å². The van der Waals surface area contributed by atoms with E-state index in [9.17, 15) is 4.79 Å². The summed E-state index contributed by atoms with van der Waals surface area (Å²) in [6.45, 7) is 7.15. The summed E-state index contributed by atoms with van der Waals surface area (Å²) in [7, 11) is 0. The second-order valence-electron chi connectivity index (χ2n) is 6.18. The van der Waals surface area contributed by atoms with Crippen LogP contribution in [0.3, 0.4) is 0 Å². The third-order valence-corrected chi connectivity index (χ3v) is 3.82. The zero-order valence-corrected chi connectivity index (χ0v) is 13.6. The summed E-state index contributed by atoms with van der Waals surface area (Å²) < 4.78 is 1.86. The Hall–Kier alpha value is -2.63. The molecule has 2 heterocycles. The number of rotatable bonds is 5. The van der Waals surface area contributed by atoms with Gasteiger partial charge in [-0.15, -0.1) is 0 Å². The summed E-state index contributed by atoms with van der Waals surface area (Å²) in [5, 5.41) is 15.3. The van der Waals surface area contributed by atoms with E-state index in [2.05, 4.69) is 34.5 Å². The van der Waals surface area contributed by atoms with Gasteiger partial charge in [0, 0.05) is 35.5 Å². The molecule has 6 heteroatoms. The first-order chi connectivity index (χ1) is 11.0. The molecule has 1 aromatic carbocycles. The summed E-state index contributed by atoms with van der Waals surface area (Å²) in [4.78, 5) is 12.4. The number of anilines is 1. The van der Waals surface area contributed by atoms with Gasteiger partial charge in [-0.3, -0.25) is 14.6 Å². The van der Waals surface area contributed by atoms with Crippen LogP contribution in [0, 0.1) is 12.8 Å². The molecule has 0 bridgehead atoms. The molecule has 0 unspecified atom stereocenters. The van der Waals surface area contributed by atoms with E-state index in [1.807, 2.05) is 36.0 Å². The maximum atomic E-state index is 12.4. The number of carbonyl (C=O) groups excluding carboxylic acids is 1. The number of hydrogen-bond donors (Lipinski definition) is 2. The highest BCUT2D eigenvalue weighted by Gasteiger charge is 2.11. The van der Waals surface area contributed by atoms with Crippen LogP contribution in [0.1, 0.15) is 36.3 Å². The normalized spacial score (nSPS) is 11.3. The fourth-order valence-electron chi connectivity index (χ4n) is 2.41. The highest BCUT2D eigenvalue weighted by molar-refractivity contribution is 6.05. The van der Waals surface area contributed by atoms with Crippen LogP contribution in [-0.4, -0.2) is 25.9 Å². The smallest absolute Gasteiger partial charge is 0.256 e. The van der Waals surface area contributed by atoms with Crippen molar-refractivity contribution in [3.63, 3.8) is 0 Å². The molecule has 0 aliphatic carbocycles. The molecule has 23 heavy (non-hydrogen) atoms. The molecule has 0 aliphatic heterocycles. The number of benzene rings is 1. The first-order valence-electron chi connectivity index (χ1n) is 7.82. The molecular weight excluding hydrogens is 290 g/mol. The largest absolute Gasteiger partial charge is 0.305 e. The quantitative estimate of drug-likeness (QED) is 0.758. The van der Waals surface area contributed by atoms with Crippen molar-refractivity contribution in [2.75, 3.05) is 5.32 Å². The van der Waals surface area contributed by atoms with E-state index >= 15 is 0 Å². The SMILES string of the molecule is Cc1[nH]nc2ccc(C(=O)Nc3ccn(CCC(C)C)n3)cc12. The van der Waals surface area contributed by atoms with Crippen LogP contribution in [0.2, 0.25) is 0 Å². The lowest BCUT2D eigenvalue weighted by molar-refractivity contribution is 0.102. The van der Waals surface area contributed by atoms with Crippen LogP contribution in [-0.2, 0) is 6.54 Å². The van der Waals surface area contributed by atoms with Gasteiger partial charge in [0.15, 0.2) is 5.82 Å². The molecule has 0 radical (unpaired) electrons. The van der Waals surface area contributed by atoms with Gasteiger partial charge in [0.2, 0.25) is 0 Å². The number of carbonyl (C=O) groups is 1. The van der Waals surface area contributed by atoms with E-state index in [0.29, 0.717) is 17.3 Å². The number of aromatic amines is 1. The van der Waals surface area contributed by atoms with Gasteiger partial charge in [-0.05, 0) is 37.5 Å². The topological polar surface area (TPSA) is 75.6 Å². The first-order valence-corrected chi connectivity index (χ1v) is 7.82. The van der Waals surface area contributed by atoms with E-state index in [1.54, 1.807) is 6.07 Å². The number of aromatic nitrogens is 4. The fourth-order valence-corrected chi connectivity index (χ4v) is 2.41. The van der Waals surface area contributed by atoms with Gasteiger partial charge in [-0.2, -0.15) is 10.2 Å². The van der Waals surface area contributed by atoms with E-state index in [0.717, 1.165) is 29.6 Å². The number of nitrogens with one attached hydrogen (secondary N) is 2. The van der Waals surface area contributed by atoms with E-state index in [4.69, 9.17) is 0 Å². The minimum atomic E-state index is -0.165. The molecule has 0 saturated heterocycles. The number of H-pyrrole nitrogens is 1. The Balaban J connectivity index is 1.71. The minimum Gasteiger partial charge on any atom is -0.305 e. The van der Waals surface area contributed by atoms with Crippen LogP contribution < -0.4 is 5.32 Å². The molecule has 0 spiro atoms. The average Bonchev–Trinajstić information content (AvgIpc) is 3.12. The van der Waals surface area contributed by atoms with Crippen molar-refractivity contribution in [1.82, 2.24) is 20.0 Å². The van der Waals surface area contributed by atoms with Gasteiger partial charge in [0.1, 0.15) is 0 Å². The van der Waals surface area contributed by atoms with Gasteiger partial charge in [0.05, 0.1) is 5.52 Å². The molecule has 0 atom stereocenters. The molecule has 2 aromatic heterocycles. The molecule has 0 aliphatic rings. The lowest BCUT2D eigenvalue weighted by Gasteiger charge is -2.05. The van der Waals surface area contributed by atoms with Crippen LogP contribution >= 0.6 is 0 Å². The minimum absolute atomic E-state index is 0.165. The molecule has 3 aromatic rings. The number of amides is 1. The predicted octanol–water partition coefficient (Wildman–Crippen LogP) is 3.37. The Morgan fingerprint density at radius 2 is 2.17 bits per heavy atom. The Kier molecular flexibility index (Phi) is 4.14. The Labute approximate surface area is 134 Å². The Morgan fingerprint density at radius 3 is 2.96 bits per heavy atom. The highest BCUT2D eigenvalue weighted by atomic mass is 16.1. The lowest BCUT2D eigenvalue weighted by atomic mass is 10.1. The number of hydrogen-bond acceptors (Lipinski definition) is 3. The van der Waals surface area contributed by atoms with E-state index in [-0.39, 0.29) is 5.91 Å². The zero-order chi connectivity index (χ0) is 16.4. The van der Waals surface area contributed by atoms with Gasteiger partial charge in [0.25, 0.3) is 5.91 Å². The van der Waals surface area contributed by atoms with Crippen LogP contribution in [0.15, 0.2) is 30.5 Å². The molecule has 120 valence electrons. The van der Waals surface area contributed by atoms with Crippen molar-refractivity contribution in [2.45, 2.75) is 33.7 Å². The van der Waals surface area contributed by atoms with Crippen molar-refractivity contribution in [3.05, 3.63) is 41.7 Å². The maximum absolute atomic E-state index is 12.4. The molecular formula is C17H21N5O. The molecule has 1 amide bonds. The number of nitrogens with zero attached hydrogens (tertiary/aromatic N) is 3. The van der Waals surface area contributed by atoms with Crippen molar-refractivity contribution in [3.8, 4) is 0 Å². The number of fused-ring (bicyclic) bond motifs is 1. The fraction of sp³-hybridized carbons (Fsp3) is 0.353. The third kappa shape index (κ3) is 3.41. The summed E-state index contributed by atoms with van der Waals surface area (Å²) in [6, 6.07) is 7.28. The van der Waals surface area contributed by atoms with Crippen LogP contribution in [0.5, 0.6) is 0 Å². The second-order valence-corrected chi connectivity index (χ2v) is 6.18. The first kappa shape index (κ1) is 15.3. The van der Waals surface area contributed by atoms with Gasteiger partial charge >= 0.3 is 0 Å². The standard InChI is InChI=1S/C17H21N5O/c1-11(2)6-8-22-9-7-16(21-22)18-17(23)13-4-5-15-14(10-13)12(3)19-20-15/h4-5,7,9-11H,6,8H2,1-3H3,(H,19,20)(H,18,21,23). The molecule has 0 fully saturated rings. The highest BCUT2D eigenvalue weighted by Crippen LogP contribution is 2.18. The predicted molar refractivity (Wildman–Crippen MR) is 90.5 cm³/mol. The maximum Gasteiger partial charge on any atom is 0.256 e. The summed E-state index contributed by atoms with van der Waals surface area (Å²) in [6.07, 6.45) is 2.95. The van der Waals surface area contributed by atoms with Crippen LogP contribution in [0.4, 0.5) is 5.82 Å². The van der Waals surface area contributed by atoms with Gasteiger partial charge in [-0.1, -0.05) is 13.8 Å². The van der Waals surface area contributed by atoms with Gasteiger partial charge in [-0.25, -0.2) is 0 Å². The van der Waals surface area contributed by atoms with Gasteiger partial charge < -0.3 is 5.32 Å². The molecule has 6 nitrogen and oxygen atoms in total. The Bertz CT molecular complexity index is 830. The average molecular weight is 311 g/mol. The summed E-state index contributed by atoms with van der Waals surface area (Å²) >= 11 is 0. The van der Waals surface area contributed by atoms with E-state index < -0.39 is 0 Å². The number of aryl methyl sites for hydroxylation is 2. The third-order valence-electron chi connectivity index (χ3n) is 3.82. The monoisotopic (exact) mass is 311 g/mol. The Morgan fingerprint density at radius 1 is 1.35 bits per heavy atom. The summed E-state index contributed by atoms with van der Waals surface area (Å²) in [5.41, 5.74) is 2.41. The van der Waals surface area contributed by atoms with Crippen molar-refractivity contribution in [1.29, 1.82) is 0 Å². The molecule has 0 saturated carbocycles. The van der Waals surface area contributed by atoms with E-state index in [1.165, 1.54) is 0 Å².